The van der Waals surface area contributed by atoms with Crippen molar-refractivity contribution in [2.24, 2.45) is 46.8 Å². The molecule has 9 atom stereocenters. The molecule has 0 saturated heterocycles. The number of nitrogens with zero attached hydrogens (tertiary/aromatic N) is 3. The summed E-state index contributed by atoms with van der Waals surface area (Å²) in [6, 6.07) is 2.16. The van der Waals surface area contributed by atoms with Gasteiger partial charge in [-0.25, -0.2) is 0 Å². The molecule has 0 amide bonds. The Hall–Kier alpha value is -0.743. The number of fused-ring (bicyclic) bond motifs is 5. The van der Waals surface area contributed by atoms with Crippen LogP contribution in [0.5, 0.6) is 0 Å². The molecular formula is C28H42LiN3O. The van der Waals surface area contributed by atoms with Crippen LogP contribution in [0.15, 0.2) is 12.4 Å². The third-order valence-electron chi connectivity index (χ3n) is 10.5. The largest absolute Gasteiger partial charge is 1.00 e. The molecular weight excluding hydrogens is 401 g/mol. The second kappa shape index (κ2) is 9.37. The Morgan fingerprint density at radius 2 is 2.00 bits per heavy atom. The summed E-state index contributed by atoms with van der Waals surface area (Å²) >= 11 is 0. The van der Waals surface area contributed by atoms with Gasteiger partial charge in [-0.2, -0.15) is 29.1 Å². The van der Waals surface area contributed by atoms with Crippen LogP contribution in [0.25, 0.3) is 0 Å². The van der Waals surface area contributed by atoms with E-state index in [0.29, 0.717) is 12.1 Å². The number of hydrogen-bond donors (Lipinski definition) is 1. The zero-order chi connectivity index (χ0) is 22.7. The van der Waals surface area contributed by atoms with E-state index in [9.17, 15) is 5.11 Å². The second-order valence-electron chi connectivity index (χ2n) is 12.6. The fraction of sp³-hybridized carbons (Fsp3) is 0.821. The molecule has 4 aliphatic rings. The van der Waals surface area contributed by atoms with Crippen molar-refractivity contribution >= 4 is 0 Å². The van der Waals surface area contributed by atoms with Crippen molar-refractivity contribution in [3.8, 4) is 6.07 Å². The summed E-state index contributed by atoms with van der Waals surface area (Å²) < 4.78 is 1.78. The second-order valence-corrected chi connectivity index (χ2v) is 12.6. The van der Waals surface area contributed by atoms with Gasteiger partial charge in [0.05, 0.1) is 23.9 Å². The molecule has 1 heterocycles. The van der Waals surface area contributed by atoms with E-state index in [1.165, 1.54) is 51.4 Å². The molecule has 0 aliphatic heterocycles. The maximum absolute atomic E-state index is 11.8. The molecule has 1 N–H and O–H groups in total. The summed E-state index contributed by atoms with van der Waals surface area (Å²) in [7, 11) is 0. The maximum Gasteiger partial charge on any atom is 1.00 e. The molecule has 1 aromatic heterocycles. The van der Waals surface area contributed by atoms with E-state index in [0.717, 1.165) is 41.9 Å². The smallest absolute Gasteiger partial charge is 0.388 e. The third-order valence-corrected chi connectivity index (χ3v) is 10.5. The van der Waals surface area contributed by atoms with E-state index < -0.39 is 5.60 Å². The quantitative estimate of drug-likeness (QED) is 0.577. The number of aliphatic hydroxyl groups is 1. The summed E-state index contributed by atoms with van der Waals surface area (Å²) in [4.78, 5) is 0. The first-order chi connectivity index (χ1) is 15.2. The van der Waals surface area contributed by atoms with Gasteiger partial charge in [-0.15, -0.1) is 0 Å². The first-order valence-electron chi connectivity index (χ1n) is 13.2. The van der Waals surface area contributed by atoms with Crippen molar-refractivity contribution in [1.82, 2.24) is 9.78 Å². The number of nitriles is 1. The molecule has 176 valence electrons. The molecule has 0 radical (unpaired) electrons. The Balaban J connectivity index is 0.00000259. The van der Waals surface area contributed by atoms with Gasteiger partial charge < -0.3 is 11.0 Å². The van der Waals surface area contributed by atoms with Crippen molar-refractivity contribution in [3.63, 3.8) is 0 Å². The number of rotatable bonds is 3. The van der Waals surface area contributed by atoms with Gasteiger partial charge in [-0.3, -0.25) is 4.68 Å². The normalized spacial score (nSPS) is 42.6. The minimum Gasteiger partial charge on any atom is -0.388 e. The van der Waals surface area contributed by atoms with E-state index in [4.69, 9.17) is 5.26 Å². The SMILES string of the molecule is C[C@H]1CC[C@H]2[C-](CC[C@@H]3C2CC[C@@]2(C)C3[C@H](C)CC[C@@H]2[C@@](C)(O)Cn2cc(C#N)cn2)C1.[Li+]. The van der Waals surface area contributed by atoms with Gasteiger partial charge in [0.2, 0.25) is 0 Å². The van der Waals surface area contributed by atoms with Crippen LogP contribution in [-0.4, -0.2) is 20.5 Å². The van der Waals surface area contributed by atoms with Gasteiger partial charge in [0.1, 0.15) is 6.07 Å². The van der Waals surface area contributed by atoms with Crippen LogP contribution >= 0.6 is 0 Å². The van der Waals surface area contributed by atoms with E-state index in [2.05, 4.69) is 31.9 Å². The molecule has 0 spiro atoms. The first-order valence-corrected chi connectivity index (χ1v) is 13.2. The predicted octanol–water partition coefficient (Wildman–Crippen LogP) is 3.01. The van der Waals surface area contributed by atoms with E-state index in [1.807, 2.05) is 12.8 Å². The topological polar surface area (TPSA) is 61.8 Å². The summed E-state index contributed by atoms with van der Waals surface area (Å²) in [5.74, 6) is 7.16. The predicted molar refractivity (Wildman–Crippen MR) is 126 cm³/mol. The Morgan fingerprint density at radius 3 is 2.73 bits per heavy atom. The van der Waals surface area contributed by atoms with Crippen LogP contribution < -0.4 is 18.9 Å². The van der Waals surface area contributed by atoms with Crippen LogP contribution in [0.4, 0.5) is 0 Å². The Bertz CT molecular complexity index is 875. The summed E-state index contributed by atoms with van der Waals surface area (Å²) in [5.41, 5.74) is -0.0588. The Morgan fingerprint density at radius 1 is 1.21 bits per heavy atom. The molecule has 33 heavy (non-hydrogen) atoms. The van der Waals surface area contributed by atoms with Crippen LogP contribution in [0.2, 0.25) is 0 Å². The third kappa shape index (κ3) is 4.37. The fourth-order valence-corrected chi connectivity index (χ4v) is 9.42. The van der Waals surface area contributed by atoms with E-state index in [-0.39, 0.29) is 30.2 Å². The van der Waals surface area contributed by atoms with Crippen LogP contribution in [-0.2, 0) is 6.54 Å². The van der Waals surface area contributed by atoms with Crippen molar-refractivity contribution in [2.75, 3.05) is 0 Å². The van der Waals surface area contributed by atoms with Crippen molar-refractivity contribution in [2.45, 2.75) is 97.6 Å². The van der Waals surface area contributed by atoms with Gasteiger partial charge in [-0.1, -0.05) is 64.7 Å². The summed E-state index contributed by atoms with van der Waals surface area (Å²) in [6.07, 6.45) is 15.3. The molecule has 4 nitrogen and oxygen atoms in total. The Kier molecular flexibility index (Phi) is 7.20. The monoisotopic (exact) mass is 443 g/mol. The minimum atomic E-state index is -0.815. The van der Waals surface area contributed by atoms with Gasteiger partial charge >= 0.3 is 18.9 Å². The van der Waals surface area contributed by atoms with Gasteiger partial charge in [-0.05, 0) is 48.9 Å². The van der Waals surface area contributed by atoms with Crippen LogP contribution in [0.1, 0.15) is 91.0 Å². The van der Waals surface area contributed by atoms with E-state index in [1.54, 1.807) is 17.1 Å². The van der Waals surface area contributed by atoms with Crippen LogP contribution in [0, 0.1) is 64.1 Å². The molecule has 2 unspecified atom stereocenters. The van der Waals surface area contributed by atoms with Gasteiger partial charge in [0.15, 0.2) is 0 Å². The van der Waals surface area contributed by atoms with Crippen molar-refractivity contribution in [1.29, 1.82) is 5.26 Å². The minimum absolute atomic E-state index is 0. The average molecular weight is 444 g/mol. The molecule has 1 aromatic rings. The number of aromatic nitrogens is 2. The molecule has 4 aliphatic carbocycles. The first kappa shape index (κ1) is 25.4. The van der Waals surface area contributed by atoms with Gasteiger partial charge in [0, 0.05) is 6.20 Å². The average Bonchev–Trinajstić information content (AvgIpc) is 3.19. The molecule has 4 saturated carbocycles. The van der Waals surface area contributed by atoms with Crippen LogP contribution in [0.3, 0.4) is 0 Å². The molecule has 0 aromatic carbocycles. The maximum atomic E-state index is 11.8. The van der Waals surface area contributed by atoms with Crippen molar-refractivity contribution in [3.05, 3.63) is 23.9 Å². The molecule has 4 fully saturated rings. The summed E-state index contributed by atoms with van der Waals surface area (Å²) in [6.45, 7) is 9.98. The molecule has 0 bridgehead atoms. The summed E-state index contributed by atoms with van der Waals surface area (Å²) in [5, 5.41) is 25.3. The van der Waals surface area contributed by atoms with Gasteiger partial charge in [0.25, 0.3) is 0 Å². The standard InChI is InChI=1S/C28H42N3O.Li/c1-18-5-8-22-21(13-18)7-9-24-23(22)11-12-27(3)25(10-6-19(2)26(24)27)28(4,32)17-31-16-20(14-29)15-30-31;/h15-16,18-19,22-26,32H,5-13,17H2,1-4H3;/q-1;+1/t18-,19+,22-,23?,24+,25-,26?,27+,28-;/m0./s1. The molecule has 5 rings (SSSR count). The van der Waals surface area contributed by atoms with E-state index >= 15 is 0 Å². The Labute approximate surface area is 213 Å². The fourth-order valence-electron chi connectivity index (χ4n) is 9.42. The molecule has 5 heteroatoms. The zero-order valence-electron chi connectivity index (χ0n) is 21.6. The number of hydrogen-bond acceptors (Lipinski definition) is 3. The van der Waals surface area contributed by atoms with Crippen molar-refractivity contribution < 1.29 is 24.0 Å². The zero-order valence-corrected chi connectivity index (χ0v) is 21.6.